The van der Waals surface area contributed by atoms with Gasteiger partial charge in [0.2, 0.25) is 0 Å². The molecule has 0 bridgehead atoms. The van der Waals surface area contributed by atoms with Crippen LogP contribution in [0.4, 0.5) is 0 Å². The van der Waals surface area contributed by atoms with Crippen molar-refractivity contribution < 1.29 is 23.9 Å². The minimum Gasteiger partial charge on any atom is -0.468 e. The Bertz CT molecular complexity index is 475. The minimum absolute atomic E-state index is 0. The van der Waals surface area contributed by atoms with E-state index < -0.39 is 0 Å². The van der Waals surface area contributed by atoms with Crippen LogP contribution in [0.2, 0.25) is 0 Å². The topological polar surface area (TPSA) is 79.4 Å². The molecule has 0 aromatic carbocycles. The highest BCUT2D eigenvalue weighted by atomic mass is 16.5. The molecule has 0 spiro atoms. The first-order chi connectivity index (χ1) is 12.6. The molecular formula is C20H39N3O5. The summed E-state index contributed by atoms with van der Waals surface area (Å²) < 4.78 is 9.55. The number of Topliss-reactive ketones (excluding diaryl/α,β-unsaturated/α-hetero) is 1. The summed E-state index contributed by atoms with van der Waals surface area (Å²) in [5.74, 6) is -0.367. The van der Waals surface area contributed by atoms with E-state index in [0.29, 0.717) is 52.2 Å². The van der Waals surface area contributed by atoms with Crippen molar-refractivity contribution in [3.8, 4) is 0 Å². The van der Waals surface area contributed by atoms with Gasteiger partial charge in [0, 0.05) is 45.7 Å². The second-order valence-electron chi connectivity index (χ2n) is 8.26. The SMILES string of the molecule is C.COC(=O)CN1CCN(CC(=O)CC(C)(C)C)CCN(CC(=O)OC)CC1. The molecule has 8 nitrogen and oxygen atoms in total. The van der Waals surface area contributed by atoms with Gasteiger partial charge >= 0.3 is 11.9 Å². The van der Waals surface area contributed by atoms with E-state index in [-0.39, 0.29) is 43.7 Å². The zero-order chi connectivity index (χ0) is 20.4. The number of hydrogen-bond acceptors (Lipinski definition) is 8. The van der Waals surface area contributed by atoms with Crippen LogP contribution in [0.15, 0.2) is 0 Å². The summed E-state index contributed by atoms with van der Waals surface area (Å²) in [5.41, 5.74) is -0.0372. The zero-order valence-corrected chi connectivity index (χ0v) is 17.5. The number of hydrogen-bond donors (Lipinski definition) is 0. The number of methoxy groups -OCH3 is 2. The van der Waals surface area contributed by atoms with Crippen LogP contribution in [0.5, 0.6) is 0 Å². The van der Waals surface area contributed by atoms with E-state index >= 15 is 0 Å². The van der Waals surface area contributed by atoms with Gasteiger partial charge in [-0.05, 0) is 5.41 Å². The highest BCUT2D eigenvalue weighted by Gasteiger charge is 2.23. The quantitative estimate of drug-likeness (QED) is 0.582. The van der Waals surface area contributed by atoms with Gasteiger partial charge in [0.15, 0.2) is 0 Å². The number of ether oxygens (including phenoxy) is 2. The Morgan fingerprint density at radius 1 is 0.714 bits per heavy atom. The fraction of sp³-hybridized carbons (Fsp3) is 0.850. The first-order valence-electron chi connectivity index (χ1n) is 9.45. The van der Waals surface area contributed by atoms with Gasteiger partial charge in [0.05, 0.1) is 33.9 Å². The third-order valence-corrected chi connectivity index (χ3v) is 4.49. The van der Waals surface area contributed by atoms with Crippen molar-refractivity contribution in [2.24, 2.45) is 5.41 Å². The van der Waals surface area contributed by atoms with Gasteiger partial charge in [0.25, 0.3) is 0 Å². The van der Waals surface area contributed by atoms with Crippen molar-refractivity contribution in [2.75, 3.05) is 73.1 Å². The number of rotatable bonds is 7. The Balaban J connectivity index is 0.00000729. The number of esters is 2. The van der Waals surface area contributed by atoms with Crippen molar-refractivity contribution >= 4 is 17.7 Å². The van der Waals surface area contributed by atoms with Gasteiger partial charge in [-0.15, -0.1) is 0 Å². The lowest BCUT2D eigenvalue weighted by Crippen LogP contribution is -2.41. The normalized spacial score (nSPS) is 17.6. The van der Waals surface area contributed by atoms with Crippen LogP contribution in [0, 0.1) is 5.41 Å². The summed E-state index contributed by atoms with van der Waals surface area (Å²) in [6.45, 7) is 11.0. The van der Waals surface area contributed by atoms with E-state index in [2.05, 4.69) is 25.7 Å². The van der Waals surface area contributed by atoms with E-state index in [0.717, 1.165) is 0 Å². The molecule has 0 aromatic rings. The van der Waals surface area contributed by atoms with Crippen LogP contribution in [0.1, 0.15) is 34.6 Å². The van der Waals surface area contributed by atoms with Crippen LogP contribution >= 0.6 is 0 Å². The highest BCUT2D eigenvalue weighted by Crippen LogP contribution is 2.19. The predicted octanol–water partition coefficient (Wildman–Crippen LogP) is 0.893. The molecule has 0 atom stereocenters. The van der Waals surface area contributed by atoms with E-state index in [9.17, 15) is 14.4 Å². The van der Waals surface area contributed by atoms with Gasteiger partial charge in [0.1, 0.15) is 5.78 Å². The van der Waals surface area contributed by atoms with Crippen LogP contribution in [-0.2, 0) is 23.9 Å². The molecular weight excluding hydrogens is 362 g/mol. The summed E-state index contributed by atoms with van der Waals surface area (Å²) in [6.07, 6.45) is 0.529. The van der Waals surface area contributed by atoms with E-state index in [1.54, 1.807) is 0 Å². The average molecular weight is 402 g/mol. The van der Waals surface area contributed by atoms with Crippen molar-refractivity contribution in [3.63, 3.8) is 0 Å². The molecule has 0 unspecified atom stereocenters. The Kier molecular flexibility index (Phi) is 12.2. The molecule has 0 radical (unpaired) electrons. The molecule has 1 rings (SSSR count). The molecule has 0 amide bonds. The summed E-state index contributed by atoms with van der Waals surface area (Å²) in [7, 11) is 2.75. The Hall–Kier alpha value is -1.51. The van der Waals surface area contributed by atoms with E-state index in [4.69, 9.17) is 9.47 Å². The highest BCUT2D eigenvalue weighted by molar-refractivity contribution is 5.81. The van der Waals surface area contributed by atoms with Gasteiger partial charge in [-0.25, -0.2) is 0 Å². The summed E-state index contributed by atoms with van der Waals surface area (Å²) in [4.78, 5) is 41.8. The largest absolute Gasteiger partial charge is 0.468 e. The first kappa shape index (κ1) is 26.5. The van der Waals surface area contributed by atoms with Crippen molar-refractivity contribution in [3.05, 3.63) is 0 Å². The van der Waals surface area contributed by atoms with Crippen molar-refractivity contribution in [1.29, 1.82) is 0 Å². The van der Waals surface area contributed by atoms with Crippen LogP contribution in [0.3, 0.4) is 0 Å². The number of nitrogens with zero attached hydrogens (tertiary/aromatic N) is 3. The summed E-state index contributed by atoms with van der Waals surface area (Å²) >= 11 is 0. The Morgan fingerprint density at radius 2 is 1.04 bits per heavy atom. The zero-order valence-electron chi connectivity index (χ0n) is 17.5. The van der Waals surface area contributed by atoms with Gasteiger partial charge in [-0.2, -0.15) is 0 Å². The van der Waals surface area contributed by atoms with Crippen LogP contribution in [-0.4, -0.2) is 106 Å². The van der Waals surface area contributed by atoms with Gasteiger partial charge in [-0.3, -0.25) is 29.1 Å². The maximum Gasteiger partial charge on any atom is 0.319 e. The predicted molar refractivity (Wildman–Crippen MR) is 109 cm³/mol. The third kappa shape index (κ3) is 11.4. The van der Waals surface area contributed by atoms with E-state index in [1.807, 2.05) is 9.80 Å². The standard InChI is InChI=1S/C19H35N3O5.CH4/c1-19(2,3)12-16(23)13-20-6-8-21(14-17(24)26-4)10-11-22(9-7-20)15-18(25)27-5;/h6-15H2,1-5H3;1H4. The Labute approximate surface area is 170 Å². The van der Waals surface area contributed by atoms with Crippen molar-refractivity contribution in [1.82, 2.24) is 14.7 Å². The molecule has 0 saturated carbocycles. The lowest BCUT2D eigenvalue weighted by Gasteiger charge is -2.26. The second kappa shape index (κ2) is 12.9. The molecule has 0 aromatic heterocycles. The molecule has 1 heterocycles. The van der Waals surface area contributed by atoms with E-state index in [1.165, 1.54) is 14.2 Å². The lowest BCUT2D eigenvalue weighted by molar-refractivity contribution is -0.143. The van der Waals surface area contributed by atoms with Crippen LogP contribution in [0.25, 0.3) is 0 Å². The fourth-order valence-corrected chi connectivity index (χ4v) is 3.05. The maximum atomic E-state index is 12.4. The molecule has 1 fully saturated rings. The molecule has 1 aliphatic rings. The third-order valence-electron chi connectivity index (χ3n) is 4.49. The Morgan fingerprint density at radius 3 is 1.32 bits per heavy atom. The molecule has 1 saturated heterocycles. The maximum absolute atomic E-state index is 12.4. The second-order valence-corrected chi connectivity index (χ2v) is 8.26. The molecule has 1 aliphatic heterocycles. The lowest BCUT2D eigenvalue weighted by atomic mass is 9.90. The number of ketones is 1. The molecule has 0 N–H and O–H groups in total. The van der Waals surface area contributed by atoms with Crippen LogP contribution < -0.4 is 0 Å². The smallest absolute Gasteiger partial charge is 0.319 e. The summed E-state index contributed by atoms with van der Waals surface area (Å²) in [6, 6.07) is 0. The van der Waals surface area contributed by atoms with Crippen molar-refractivity contribution in [2.45, 2.75) is 34.6 Å². The van der Waals surface area contributed by atoms with Gasteiger partial charge < -0.3 is 9.47 Å². The monoisotopic (exact) mass is 401 g/mol. The minimum atomic E-state index is -0.288. The first-order valence-corrected chi connectivity index (χ1v) is 9.45. The average Bonchev–Trinajstić information content (AvgIpc) is 2.66. The number of carbonyl (C=O) groups is 3. The molecule has 28 heavy (non-hydrogen) atoms. The summed E-state index contributed by atoms with van der Waals surface area (Å²) in [5, 5.41) is 0. The molecule has 164 valence electrons. The number of carbonyl (C=O) groups excluding carboxylic acids is 3. The molecule has 8 heteroatoms. The fourth-order valence-electron chi connectivity index (χ4n) is 3.05. The molecule has 0 aliphatic carbocycles. The van der Waals surface area contributed by atoms with Gasteiger partial charge in [-0.1, -0.05) is 28.2 Å².